The largest absolute Gasteiger partial charge is 0.454 e. The second-order valence-corrected chi connectivity index (χ2v) is 15.9. The third-order valence-electron chi connectivity index (χ3n) is 12.4. The fraction of sp³-hybridized carbons (Fsp3) is 0.0755. The minimum atomic E-state index is -0.285. The van der Waals surface area contributed by atoms with Crippen LogP contribution in [0.15, 0.2) is 185 Å². The van der Waals surface area contributed by atoms with Crippen LogP contribution in [0.5, 0.6) is 0 Å². The molecule has 4 heteroatoms. The van der Waals surface area contributed by atoms with Crippen molar-refractivity contribution < 1.29 is 4.42 Å². The molecule has 3 heterocycles. The van der Waals surface area contributed by atoms with Gasteiger partial charge in [0.25, 0.3) is 0 Å². The van der Waals surface area contributed by atoms with Gasteiger partial charge in [0.1, 0.15) is 11.7 Å². The van der Waals surface area contributed by atoms with Crippen molar-refractivity contribution >= 4 is 55.1 Å². The van der Waals surface area contributed by atoms with E-state index >= 15 is 0 Å². The standard InChI is InChI=1S/C53H37N3O/c1-53(2)41-19-9-6-15-38(41)48-42(53)29-30-45-49(48)40-17-8-11-21-44(40)56(45)46-22-12-18-37-36-28-27-35(31-47(36)57-51(37)46)52-54-43-20-10-7-16-39(43)50(55-52)34-25-23-33(24-26-34)32-13-4-3-5-14-32/h3-31,52,54H,1-2H3. The molecule has 0 amide bonds. The lowest BCUT2D eigenvalue weighted by atomic mass is 9.82. The summed E-state index contributed by atoms with van der Waals surface area (Å²) in [6.07, 6.45) is -0.285. The Hall–Kier alpha value is -7.17. The molecule has 57 heavy (non-hydrogen) atoms. The SMILES string of the molecule is CC1(C)c2ccccc2-c2c1ccc1c2c2ccccc2n1-c1cccc2c1oc1cc(C3N=C(c4ccc(-c5ccccc5)cc4)c4ccccc4N3)ccc12. The first-order chi connectivity index (χ1) is 28.0. The second-order valence-electron chi connectivity index (χ2n) is 15.9. The number of aliphatic imine (C=N–C) groups is 1. The number of nitrogens with zero attached hydrogens (tertiary/aromatic N) is 2. The Morgan fingerprint density at radius 3 is 2.16 bits per heavy atom. The molecule has 1 unspecified atom stereocenters. The molecule has 10 aromatic rings. The molecule has 2 aliphatic rings. The molecule has 1 aliphatic carbocycles. The Balaban J connectivity index is 0.999. The van der Waals surface area contributed by atoms with Gasteiger partial charge in [-0.15, -0.1) is 0 Å². The summed E-state index contributed by atoms with van der Waals surface area (Å²) in [4.78, 5) is 5.37. The van der Waals surface area contributed by atoms with Crippen LogP contribution in [0.2, 0.25) is 0 Å². The summed E-state index contributed by atoms with van der Waals surface area (Å²) in [6.45, 7) is 4.70. The number of aromatic nitrogens is 1. The van der Waals surface area contributed by atoms with Crippen LogP contribution in [-0.4, -0.2) is 10.3 Å². The molecule has 0 saturated heterocycles. The molecule has 0 saturated carbocycles. The van der Waals surface area contributed by atoms with Gasteiger partial charge in [-0.05, 0) is 63.7 Å². The number of benzene rings is 8. The van der Waals surface area contributed by atoms with Crippen LogP contribution in [0, 0.1) is 0 Å². The predicted octanol–water partition coefficient (Wildman–Crippen LogP) is 13.6. The summed E-state index contributed by atoms with van der Waals surface area (Å²) in [5.41, 5.74) is 18.1. The van der Waals surface area contributed by atoms with E-state index in [0.29, 0.717) is 0 Å². The fourth-order valence-electron chi connectivity index (χ4n) is 9.69. The molecule has 0 spiro atoms. The quantitative estimate of drug-likeness (QED) is 0.196. The van der Waals surface area contributed by atoms with E-state index in [0.717, 1.165) is 55.7 Å². The van der Waals surface area contributed by atoms with E-state index in [4.69, 9.17) is 9.41 Å². The number of rotatable bonds is 4. The Labute approximate surface area is 330 Å². The zero-order chi connectivity index (χ0) is 37.8. The normalized spacial score (nSPS) is 15.4. The smallest absolute Gasteiger partial charge is 0.159 e. The van der Waals surface area contributed by atoms with Gasteiger partial charge in [0.15, 0.2) is 5.58 Å². The number of para-hydroxylation sites is 3. The van der Waals surface area contributed by atoms with Gasteiger partial charge in [-0.3, -0.25) is 4.99 Å². The van der Waals surface area contributed by atoms with E-state index in [1.165, 1.54) is 55.2 Å². The number of nitrogens with one attached hydrogen (secondary N) is 1. The van der Waals surface area contributed by atoms with Crippen LogP contribution in [0.4, 0.5) is 5.69 Å². The summed E-state index contributed by atoms with van der Waals surface area (Å²) < 4.78 is 9.36. The van der Waals surface area contributed by atoms with Gasteiger partial charge in [0.05, 0.1) is 22.4 Å². The van der Waals surface area contributed by atoms with Crippen molar-refractivity contribution in [2.75, 3.05) is 5.32 Å². The van der Waals surface area contributed by atoms with Gasteiger partial charge in [-0.1, -0.05) is 159 Å². The lowest BCUT2D eigenvalue weighted by Gasteiger charge is -2.26. The number of fused-ring (bicyclic) bond motifs is 11. The third-order valence-corrected chi connectivity index (χ3v) is 12.4. The first-order valence-electron chi connectivity index (χ1n) is 19.7. The number of furan rings is 1. The minimum absolute atomic E-state index is 0.0765. The van der Waals surface area contributed by atoms with Gasteiger partial charge in [-0.2, -0.15) is 0 Å². The van der Waals surface area contributed by atoms with E-state index in [-0.39, 0.29) is 11.6 Å². The third kappa shape index (κ3) is 4.65. The number of hydrogen-bond donors (Lipinski definition) is 1. The summed E-state index contributed by atoms with van der Waals surface area (Å²) in [6, 6.07) is 63.2. The topological polar surface area (TPSA) is 42.5 Å². The van der Waals surface area contributed by atoms with E-state index in [9.17, 15) is 0 Å². The Morgan fingerprint density at radius 2 is 1.28 bits per heavy atom. The van der Waals surface area contributed by atoms with Gasteiger partial charge in [-0.25, -0.2) is 0 Å². The molecule has 0 radical (unpaired) electrons. The molecule has 4 nitrogen and oxygen atoms in total. The number of hydrogen-bond acceptors (Lipinski definition) is 3. The molecule has 270 valence electrons. The highest BCUT2D eigenvalue weighted by atomic mass is 16.3. The van der Waals surface area contributed by atoms with Gasteiger partial charge in [0.2, 0.25) is 0 Å². The molecule has 1 atom stereocenters. The van der Waals surface area contributed by atoms with Gasteiger partial charge >= 0.3 is 0 Å². The highest BCUT2D eigenvalue weighted by molar-refractivity contribution is 6.19. The maximum absolute atomic E-state index is 6.96. The van der Waals surface area contributed by atoms with Crippen molar-refractivity contribution in [3.8, 4) is 27.9 Å². The van der Waals surface area contributed by atoms with Crippen molar-refractivity contribution in [1.29, 1.82) is 0 Å². The molecule has 12 rings (SSSR count). The molecule has 8 aromatic carbocycles. The van der Waals surface area contributed by atoms with E-state index in [2.05, 4.69) is 200 Å². The number of anilines is 1. The molecule has 1 aliphatic heterocycles. The first-order valence-corrected chi connectivity index (χ1v) is 19.7. The monoisotopic (exact) mass is 731 g/mol. The van der Waals surface area contributed by atoms with E-state index < -0.39 is 0 Å². The lowest BCUT2D eigenvalue weighted by molar-refractivity contribution is 0.660. The molecule has 0 bridgehead atoms. The second kappa shape index (κ2) is 11.9. The van der Waals surface area contributed by atoms with Crippen molar-refractivity contribution in [3.05, 3.63) is 204 Å². The fourth-order valence-corrected chi connectivity index (χ4v) is 9.69. The maximum atomic E-state index is 6.96. The minimum Gasteiger partial charge on any atom is -0.454 e. The van der Waals surface area contributed by atoms with Crippen LogP contribution in [0.3, 0.4) is 0 Å². The van der Waals surface area contributed by atoms with Crippen molar-refractivity contribution in [2.24, 2.45) is 4.99 Å². The van der Waals surface area contributed by atoms with Gasteiger partial charge in [0, 0.05) is 49.3 Å². The van der Waals surface area contributed by atoms with Crippen molar-refractivity contribution in [1.82, 2.24) is 4.57 Å². The van der Waals surface area contributed by atoms with E-state index in [1.54, 1.807) is 0 Å². The molecular formula is C53H37N3O. The summed E-state index contributed by atoms with van der Waals surface area (Å²) in [5, 5.41) is 8.45. The Kier molecular flexibility index (Phi) is 6.71. The molecule has 2 aromatic heterocycles. The Bertz CT molecular complexity index is 3290. The molecule has 0 fully saturated rings. The van der Waals surface area contributed by atoms with Gasteiger partial charge < -0.3 is 14.3 Å². The van der Waals surface area contributed by atoms with Crippen molar-refractivity contribution in [3.63, 3.8) is 0 Å². The van der Waals surface area contributed by atoms with E-state index in [1.807, 2.05) is 0 Å². The average molecular weight is 732 g/mol. The predicted molar refractivity (Wildman–Crippen MR) is 236 cm³/mol. The molecular weight excluding hydrogens is 695 g/mol. The Morgan fingerprint density at radius 1 is 0.561 bits per heavy atom. The lowest BCUT2D eigenvalue weighted by Crippen LogP contribution is -2.20. The highest BCUT2D eigenvalue weighted by Crippen LogP contribution is 2.53. The van der Waals surface area contributed by atoms with Crippen LogP contribution in [-0.2, 0) is 5.41 Å². The summed E-state index contributed by atoms with van der Waals surface area (Å²) in [5.74, 6) is 0. The maximum Gasteiger partial charge on any atom is 0.159 e. The van der Waals surface area contributed by atoms with Crippen LogP contribution < -0.4 is 5.32 Å². The zero-order valence-corrected chi connectivity index (χ0v) is 31.6. The first kappa shape index (κ1) is 32.1. The zero-order valence-electron chi connectivity index (χ0n) is 31.6. The highest BCUT2D eigenvalue weighted by Gasteiger charge is 2.37. The summed E-state index contributed by atoms with van der Waals surface area (Å²) in [7, 11) is 0. The average Bonchev–Trinajstić information content (AvgIpc) is 3.89. The van der Waals surface area contributed by atoms with Crippen LogP contribution in [0.25, 0.3) is 71.7 Å². The van der Waals surface area contributed by atoms with Crippen molar-refractivity contribution in [2.45, 2.75) is 25.4 Å². The summed E-state index contributed by atoms with van der Waals surface area (Å²) >= 11 is 0. The van der Waals surface area contributed by atoms with Crippen LogP contribution >= 0.6 is 0 Å². The van der Waals surface area contributed by atoms with Crippen LogP contribution in [0.1, 0.15) is 47.8 Å². The molecule has 1 N–H and O–H groups in total.